The summed E-state index contributed by atoms with van der Waals surface area (Å²) in [4.78, 5) is 7.29. The van der Waals surface area contributed by atoms with E-state index in [1.165, 1.54) is 24.3 Å². The molecule has 13 heavy (non-hydrogen) atoms. The Balaban J connectivity index is 0.000000132. The first-order chi connectivity index (χ1) is 6.39. The zero-order chi connectivity index (χ0) is 9.36. The van der Waals surface area contributed by atoms with Crippen LogP contribution in [-0.2, 0) is 0 Å². The van der Waals surface area contributed by atoms with Crippen molar-refractivity contribution in [3.63, 3.8) is 0 Å². The Morgan fingerprint density at radius 3 is 1.85 bits per heavy atom. The van der Waals surface area contributed by atoms with Crippen molar-refractivity contribution in [3.8, 4) is 0 Å². The molecule has 3 nitrogen and oxygen atoms in total. The van der Waals surface area contributed by atoms with Gasteiger partial charge in [0.15, 0.2) is 0 Å². The Labute approximate surface area is 86.3 Å². The Hall–Kier alpha value is -0.420. The molecule has 0 amide bonds. The van der Waals surface area contributed by atoms with Crippen molar-refractivity contribution in [2.45, 2.75) is 12.8 Å². The summed E-state index contributed by atoms with van der Waals surface area (Å²) < 4.78 is 0. The summed E-state index contributed by atoms with van der Waals surface area (Å²) in [6.45, 7) is 0. The molecule has 1 aromatic heterocycles. The maximum Gasteiger partial charge on any atom is 0.219 e. The van der Waals surface area contributed by atoms with Gasteiger partial charge in [-0.1, -0.05) is 21.6 Å². The van der Waals surface area contributed by atoms with Crippen LogP contribution in [0.2, 0.25) is 0 Å². The van der Waals surface area contributed by atoms with Gasteiger partial charge < -0.3 is 5.73 Å². The molecule has 0 saturated carbocycles. The van der Waals surface area contributed by atoms with E-state index in [1.807, 2.05) is 21.6 Å². The largest absolute Gasteiger partial charge is 0.368 e. The highest BCUT2D eigenvalue weighted by Crippen LogP contribution is 2.28. The summed E-state index contributed by atoms with van der Waals surface area (Å²) in [6.07, 6.45) is 6.08. The molecule has 0 aromatic carbocycles. The molecule has 2 N–H and O–H groups in total. The number of nitrogens with zero attached hydrogens (tertiary/aromatic N) is 2. The second-order valence-electron chi connectivity index (χ2n) is 2.46. The van der Waals surface area contributed by atoms with Gasteiger partial charge in [0.1, 0.15) is 0 Å². The molecule has 72 valence electrons. The lowest BCUT2D eigenvalue weighted by molar-refractivity contribution is 0.906. The predicted molar refractivity (Wildman–Crippen MR) is 60.6 cm³/mol. The molecule has 1 fully saturated rings. The quantitative estimate of drug-likeness (QED) is 0.672. The van der Waals surface area contributed by atoms with E-state index in [0.717, 1.165) is 0 Å². The van der Waals surface area contributed by atoms with Crippen LogP contribution in [0.4, 0.5) is 5.95 Å². The van der Waals surface area contributed by atoms with Crippen molar-refractivity contribution in [2.24, 2.45) is 0 Å². The van der Waals surface area contributed by atoms with E-state index in [9.17, 15) is 0 Å². The molecule has 0 radical (unpaired) electrons. The summed E-state index contributed by atoms with van der Waals surface area (Å²) in [5.74, 6) is 3.08. The molecule has 1 saturated heterocycles. The lowest BCUT2D eigenvalue weighted by Crippen LogP contribution is -1.90. The molecule has 1 aliphatic rings. The predicted octanol–water partition coefficient (Wildman–Crippen LogP) is 2.22. The van der Waals surface area contributed by atoms with E-state index < -0.39 is 0 Å². The minimum Gasteiger partial charge on any atom is -0.368 e. The van der Waals surface area contributed by atoms with Gasteiger partial charge in [-0.05, 0) is 18.9 Å². The molecule has 0 unspecified atom stereocenters. The summed E-state index contributed by atoms with van der Waals surface area (Å²) in [5.41, 5.74) is 5.14. The third-order valence-corrected chi connectivity index (χ3v) is 3.95. The smallest absolute Gasteiger partial charge is 0.219 e. The van der Waals surface area contributed by atoms with Crippen LogP contribution in [0.1, 0.15) is 12.8 Å². The van der Waals surface area contributed by atoms with Crippen molar-refractivity contribution < 1.29 is 0 Å². The standard InChI is InChI=1S/C4H5N3.C4H8S2/c5-4-6-2-1-3-7-4;1-2-4-6-5-3-1/h1-3H,(H2,5,6,7);1-4H2. The van der Waals surface area contributed by atoms with Gasteiger partial charge in [-0.25, -0.2) is 9.97 Å². The number of nitrogens with two attached hydrogens (primary N) is 1. The minimum absolute atomic E-state index is 0.322. The number of rotatable bonds is 0. The highest BCUT2D eigenvalue weighted by molar-refractivity contribution is 8.76. The lowest BCUT2D eigenvalue weighted by atomic mass is 10.4. The monoisotopic (exact) mass is 215 g/mol. The number of hydrogen-bond acceptors (Lipinski definition) is 5. The van der Waals surface area contributed by atoms with Crippen LogP contribution in [0.5, 0.6) is 0 Å². The van der Waals surface area contributed by atoms with Crippen LogP contribution in [0, 0.1) is 0 Å². The molecule has 0 spiro atoms. The molecule has 2 heterocycles. The van der Waals surface area contributed by atoms with Gasteiger partial charge in [-0.15, -0.1) is 0 Å². The summed E-state index contributed by atoms with van der Waals surface area (Å²) >= 11 is 0. The van der Waals surface area contributed by atoms with Gasteiger partial charge in [-0.3, -0.25) is 0 Å². The van der Waals surface area contributed by atoms with Crippen LogP contribution in [-0.4, -0.2) is 21.5 Å². The van der Waals surface area contributed by atoms with E-state index in [4.69, 9.17) is 5.73 Å². The fourth-order valence-electron chi connectivity index (χ4n) is 0.750. The molecular weight excluding hydrogens is 202 g/mol. The molecule has 1 aromatic rings. The first kappa shape index (κ1) is 10.7. The number of aromatic nitrogens is 2. The van der Waals surface area contributed by atoms with Crippen molar-refractivity contribution in [1.82, 2.24) is 9.97 Å². The van der Waals surface area contributed by atoms with Crippen molar-refractivity contribution >= 4 is 27.5 Å². The molecule has 1 aliphatic heterocycles. The average Bonchev–Trinajstić information content (AvgIpc) is 2.22. The third kappa shape index (κ3) is 5.76. The molecule has 2 rings (SSSR count). The maximum atomic E-state index is 5.14. The van der Waals surface area contributed by atoms with E-state index in [2.05, 4.69) is 9.97 Å². The van der Waals surface area contributed by atoms with Crippen LogP contribution in [0.25, 0.3) is 0 Å². The first-order valence-electron chi connectivity index (χ1n) is 4.16. The Kier molecular flexibility index (Phi) is 5.76. The fraction of sp³-hybridized carbons (Fsp3) is 0.500. The van der Waals surface area contributed by atoms with Crippen molar-refractivity contribution in [3.05, 3.63) is 18.5 Å². The maximum absolute atomic E-state index is 5.14. The fourth-order valence-corrected chi connectivity index (χ4v) is 3.04. The Bertz CT molecular complexity index is 202. The number of anilines is 1. The third-order valence-electron chi connectivity index (χ3n) is 1.37. The topological polar surface area (TPSA) is 51.8 Å². The van der Waals surface area contributed by atoms with E-state index in [1.54, 1.807) is 18.5 Å². The van der Waals surface area contributed by atoms with E-state index in [-0.39, 0.29) is 0 Å². The van der Waals surface area contributed by atoms with Crippen molar-refractivity contribution in [1.29, 1.82) is 0 Å². The van der Waals surface area contributed by atoms with Gasteiger partial charge >= 0.3 is 0 Å². The van der Waals surface area contributed by atoms with Crippen LogP contribution in [0.3, 0.4) is 0 Å². The normalized spacial score (nSPS) is 15.7. The number of nitrogen functional groups attached to an aromatic ring is 1. The highest BCUT2D eigenvalue weighted by atomic mass is 33.1. The molecule has 0 aliphatic carbocycles. The zero-order valence-electron chi connectivity index (χ0n) is 7.35. The van der Waals surface area contributed by atoms with E-state index in [0.29, 0.717) is 5.95 Å². The average molecular weight is 215 g/mol. The second kappa shape index (κ2) is 7.03. The highest BCUT2D eigenvalue weighted by Gasteiger charge is 1.96. The van der Waals surface area contributed by atoms with Gasteiger partial charge in [0, 0.05) is 23.9 Å². The van der Waals surface area contributed by atoms with Crippen LogP contribution >= 0.6 is 21.6 Å². The van der Waals surface area contributed by atoms with Crippen LogP contribution in [0.15, 0.2) is 18.5 Å². The SMILES string of the molecule is C1CCSSC1.Nc1ncccn1. The van der Waals surface area contributed by atoms with Gasteiger partial charge in [0.05, 0.1) is 0 Å². The molecular formula is C8H13N3S2. The zero-order valence-corrected chi connectivity index (χ0v) is 8.98. The first-order valence-corrected chi connectivity index (χ1v) is 6.65. The summed E-state index contributed by atoms with van der Waals surface area (Å²) in [6, 6.07) is 1.72. The molecule has 0 bridgehead atoms. The van der Waals surface area contributed by atoms with Gasteiger partial charge in [0.25, 0.3) is 0 Å². The van der Waals surface area contributed by atoms with E-state index >= 15 is 0 Å². The van der Waals surface area contributed by atoms with Crippen LogP contribution < -0.4 is 5.73 Å². The summed E-state index contributed by atoms with van der Waals surface area (Å²) in [5, 5.41) is 0. The van der Waals surface area contributed by atoms with Gasteiger partial charge in [0.2, 0.25) is 5.95 Å². The minimum atomic E-state index is 0.322. The molecule has 5 heteroatoms. The Morgan fingerprint density at radius 2 is 1.62 bits per heavy atom. The second-order valence-corrected chi connectivity index (χ2v) is 5.16. The van der Waals surface area contributed by atoms with Crippen molar-refractivity contribution in [2.75, 3.05) is 17.2 Å². The summed E-state index contributed by atoms with van der Waals surface area (Å²) in [7, 11) is 4.02. The lowest BCUT2D eigenvalue weighted by Gasteiger charge is -2.04. The molecule has 0 atom stereocenters. The number of hydrogen-bond donors (Lipinski definition) is 1. The Morgan fingerprint density at radius 1 is 1.08 bits per heavy atom. The van der Waals surface area contributed by atoms with Gasteiger partial charge in [-0.2, -0.15) is 0 Å².